The third kappa shape index (κ3) is 4.51. The predicted molar refractivity (Wildman–Crippen MR) is 109 cm³/mol. The molecule has 1 aliphatic rings. The Morgan fingerprint density at radius 1 is 1.32 bits per heavy atom. The average molecular weight is 394 g/mol. The zero-order valence-electron chi connectivity index (χ0n) is 15.5. The van der Waals surface area contributed by atoms with Gasteiger partial charge in [0.25, 0.3) is 5.91 Å². The number of carbonyl (C=O) groups excluding carboxylic acids is 1. The Morgan fingerprint density at radius 2 is 2.18 bits per heavy atom. The molecule has 0 unspecified atom stereocenters. The Kier molecular flexibility index (Phi) is 5.58. The van der Waals surface area contributed by atoms with E-state index in [2.05, 4.69) is 16.9 Å². The van der Waals surface area contributed by atoms with Gasteiger partial charge in [-0.3, -0.25) is 4.79 Å². The van der Waals surface area contributed by atoms with Gasteiger partial charge in [0.2, 0.25) is 0 Å². The fraction of sp³-hybridized carbons (Fsp3) is 0.273. The molecule has 0 aliphatic heterocycles. The van der Waals surface area contributed by atoms with Crippen molar-refractivity contribution in [2.75, 3.05) is 0 Å². The summed E-state index contributed by atoms with van der Waals surface area (Å²) in [5.41, 5.74) is 1.96. The number of nitrogens with one attached hydrogen (secondary N) is 1. The Balaban J connectivity index is 1.30. The second-order valence-electron chi connectivity index (χ2n) is 6.79. The summed E-state index contributed by atoms with van der Waals surface area (Å²) in [6, 6.07) is 11.2. The maximum atomic E-state index is 12.3. The molecule has 144 valence electrons. The van der Waals surface area contributed by atoms with Crippen LogP contribution in [-0.2, 0) is 19.6 Å². The molecule has 1 N–H and O–H groups in total. The van der Waals surface area contributed by atoms with E-state index in [1.807, 2.05) is 35.7 Å². The van der Waals surface area contributed by atoms with Crippen molar-refractivity contribution in [1.29, 1.82) is 0 Å². The molecule has 0 saturated heterocycles. The standard InChI is InChI=1S/C22H22N2O3S/c1-2-5-15-6-3-4-7-19(15)26-13-18-10-11-20(27-18)21(25)23-12-17-14-28-22(24-17)16-8-9-16/h2-4,6-7,10-11,14,16H,1,5,8-9,12-13H2,(H,23,25). The van der Waals surface area contributed by atoms with Crippen LogP contribution in [0.25, 0.3) is 0 Å². The number of nitrogens with zero attached hydrogens (tertiary/aromatic N) is 1. The van der Waals surface area contributed by atoms with Crippen LogP contribution in [0.4, 0.5) is 0 Å². The van der Waals surface area contributed by atoms with Gasteiger partial charge in [0.05, 0.1) is 17.2 Å². The van der Waals surface area contributed by atoms with Crippen molar-refractivity contribution in [2.24, 2.45) is 0 Å². The molecule has 3 aromatic rings. The van der Waals surface area contributed by atoms with Gasteiger partial charge in [0.1, 0.15) is 18.1 Å². The van der Waals surface area contributed by atoms with Crippen LogP contribution in [0.2, 0.25) is 0 Å². The Labute approximate surface area is 168 Å². The first-order chi connectivity index (χ1) is 13.7. The summed E-state index contributed by atoms with van der Waals surface area (Å²) in [5, 5.41) is 6.05. The van der Waals surface area contributed by atoms with E-state index < -0.39 is 0 Å². The van der Waals surface area contributed by atoms with Crippen molar-refractivity contribution < 1.29 is 13.9 Å². The number of benzene rings is 1. The van der Waals surface area contributed by atoms with Gasteiger partial charge in [-0.25, -0.2) is 4.98 Å². The minimum Gasteiger partial charge on any atom is -0.485 e. The number of amides is 1. The van der Waals surface area contributed by atoms with Crippen LogP contribution >= 0.6 is 11.3 Å². The minimum atomic E-state index is -0.251. The number of thiazole rings is 1. The summed E-state index contributed by atoms with van der Waals surface area (Å²) in [6.07, 6.45) is 5.04. The smallest absolute Gasteiger partial charge is 0.287 e. The molecular formula is C22H22N2O3S. The molecule has 0 radical (unpaired) electrons. The molecule has 1 amide bonds. The average Bonchev–Trinajstić information content (AvgIpc) is 3.26. The summed E-state index contributed by atoms with van der Waals surface area (Å²) >= 11 is 1.67. The number of aromatic nitrogens is 1. The number of furan rings is 1. The van der Waals surface area contributed by atoms with Gasteiger partial charge < -0.3 is 14.5 Å². The minimum absolute atomic E-state index is 0.251. The van der Waals surface area contributed by atoms with Gasteiger partial charge in [-0.05, 0) is 43.0 Å². The summed E-state index contributed by atoms with van der Waals surface area (Å²) in [6.45, 7) is 4.44. The number of hydrogen-bond donors (Lipinski definition) is 1. The molecule has 0 bridgehead atoms. The molecule has 1 fully saturated rings. The van der Waals surface area contributed by atoms with E-state index in [1.54, 1.807) is 23.5 Å². The molecule has 2 aromatic heterocycles. The zero-order chi connectivity index (χ0) is 19.3. The highest BCUT2D eigenvalue weighted by Gasteiger charge is 2.26. The zero-order valence-corrected chi connectivity index (χ0v) is 16.3. The highest BCUT2D eigenvalue weighted by atomic mass is 32.1. The summed E-state index contributed by atoms with van der Waals surface area (Å²) < 4.78 is 11.5. The van der Waals surface area contributed by atoms with Crippen molar-refractivity contribution >= 4 is 17.2 Å². The van der Waals surface area contributed by atoms with Crippen LogP contribution in [0, 0.1) is 0 Å². The first-order valence-corrected chi connectivity index (χ1v) is 10.2. The molecular weight excluding hydrogens is 372 g/mol. The lowest BCUT2D eigenvalue weighted by Crippen LogP contribution is -2.22. The molecule has 0 spiro atoms. The lowest BCUT2D eigenvalue weighted by molar-refractivity contribution is 0.0918. The van der Waals surface area contributed by atoms with Gasteiger partial charge in [0, 0.05) is 11.3 Å². The Bertz CT molecular complexity index is 972. The van der Waals surface area contributed by atoms with Gasteiger partial charge in [-0.2, -0.15) is 0 Å². The number of para-hydroxylation sites is 1. The Morgan fingerprint density at radius 3 is 3.00 bits per heavy atom. The molecule has 1 aromatic carbocycles. The van der Waals surface area contributed by atoms with Crippen LogP contribution in [0.3, 0.4) is 0 Å². The van der Waals surface area contributed by atoms with Crippen molar-refractivity contribution in [2.45, 2.75) is 38.3 Å². The summed E-state index contributed by atoms with van der Waals surface area (Å²) in [7, 11) is 0. The van der Waals surface area contributed by atoms with Crippen LogP contribution in [0.1, 0.15) is 51.3 Å². The number of ether oxygens (including phenoxy) is 1. The van der Waals surface area contributed by atoms with E-state index in [-0.39, 0.29) is 18.3 Å². The van der Waals surface area contributed by atoms with Crippen LogP contribution in [0.5, 0.6) is 5.75 Å². The lowest BCUT2D eigenvalue weighted by atomic mass is 10.1. The highest BCUT2D eigenvalue weighted by Crippen LogP contribution is 2.41. The fourth-order valence-corrected chi connectivity index (χ4v) is 3.87. The van der Waals surface area contributed by atoms with Crippen LogP contribution < -0.4 is 10.1 Å². The molecule has 4 rings (SSSR count). The number of rotatable bonds is 9. The first kappa shape index (κ1) is 18.5. The molecule has 2 heterocycles. The predicted octanol–water partition coefficient (Wildman–Crippen LogP) is 4.85. The van der Waals surface area contributed by atoms with Crippen molar-refractivity contribution in [3.63, 3.8) is 0 Å². The van der Waals surface area contributed by atoms with Gasteiger partial charge in [0.15, 0.2) is 5.76 Å². The third-order valence-electron chi connectivity index (χ3n) is 4.52. The van der Waals surface area contributed by atoms with Gasteiger partial charge in [-0.1, -0.05) is 24.3 Å². The molecule has 1 saturated carbocycles. The van der Waals surface area contributed by atoms with E-state index in [0.29, 0.717) is 18.2 Å². The van der Waals surface area contributed by atoms with Crippen LogP contribution in [-0.4, -0.2) is 10.9 Å². The van der Waals surface area contributed by atoms with E-state index >= 15 is 0 Å². The lowest BCUT2D eigenvalue weighted by Gasteiger charge is -2.08. The van der Waals surface area contributed by atoms with Crippen LogP contribution in [0.15, 0.2) is 58.9 Å². The summed E-state index contributed by atoms with van der Waals surface area (Å²) in [4.78, 5) is 16.9. The molecule has 28 heavy (non-hydrogen) atoms. The fourth-order valence-electron chi connectivity index (χ4n) is 2.87. The number of allylic oxidation sites excluding steroid dienone is 1. The number of hydrogen-bond acceptors (Lipinski definition) is 5. The largest absolute Gasteiger partial charge is 0.485 e. The number of carbonyl (C=O) groups is 1. The first-order valence-electron chi connectivity index (χ1n) is 9.35. The van der Waals surface area contributed by atoms with Crippen molar-refractivity contribution in [1.82, 2.24) is 10.3 Å². The monoisotopic (exact) mass is 394 g/mol. The van der Waals surface area contributed by atoms with Crippen molar-refractivity contribution in [3.05, 3.63) is 82.2 Å². The molecule has 0 atom stereocenters. The third-order valence-corrected chi connectivity index (χ3v) is 5.57. The quantitative estimate of drug-likeness (QED) is 0.527. The van der Waals surface area contributed by atoms with E-state index in [0.717, 1.165) is 23.4 Å². The van der Waals surface area contributed by atoms with Gasteiger partial charge in [-0.15, -0.1) is 17.9 Å². The second kappa shape index (κ2) is 8.44. The SMILES string of the molecule is C=CCc1ccccc1OCc1ccc(C(=O)NCc2csc(C3CC3)n2)o1. The van der Waals surface area contributed by atoms with E-state index in [4.69, 9.17) is 9.15 Å². The molecule has 5 nitrogen and oxygen atoms in total. The topological polar surface area (TPSA) is 64.4 Å². The van der Waals surface area contributed by atoms with E-state index in [1.165, 1.54) is 17.8 Å². The molecule has 1 aliphatic carbocycles. The second-order valence-corrected chi connectivity index (χ2v) is 7.68. The highest BCUT2D eigenvalue weighted by molar-refractivity contribution is 7.09. The van der Waals surface area contributed by atoms with Crippen molar-refractivity contribution in [3.8, 4) is 5.75 Å². The maximum absolute atomic E-state index is 12.3. The Hall–Kier alpha value is -2.86. The molecule has 6 heteroatoms. The summed E-state index contributed by atoms with van der Waals surface area (Å²) in [5.74, 6) is 2.05. The van der Waals surface area contributed by atoms with E-state index in [9.17, 15) is 4.79 Å². The normalized spacial score (nSPS) is 13.3. The van der Waals surface area contributed by atoms with Gasteiger partial charge >= 0.3 is 0 Å². The maximum Gasteiger partial charge on any atom is 0.287 e.